The van der Waals surface area contributed by atoms with Gasteiger partial charge in [0.15, 0.2) is 0 Å². The van der Waals surface area contributed by atoms with Crippen molar-refractivity contribution in [2.75, 3.05) is 13.1 Å². The minimum atomic E-state index is 0.537. The zero-order valence-corrected chi connectivity index (χ0v) is 9.30. The van der Waals surface area contributed by atoms with Crippen LogP contribution in [0.5, 0.6) is 0 Å². The van der Waals surface area contributed by atoms with Crippen molar-refractivity contribution in [3.05, 3.63) is 34.9 Å². The molecule has 0 saturated carbocycles. The number of likely N-dealkylation sites (tertiary alicyclic amines) is 1. The van der Waals surface area contributed by atoms with E-state index in [2.05, 4.69) is 24.0 Å². The Bertz CT molecular complexity index is 288. The second kappa shape index (κ2) is 4.33. The van der Waals surface area contributed by atoms with Gasteiger partial charge in [0.1, 0.15) is 0 Å². The van der Waals surface area contributed by atoms with Crippen molar-refractivity contribution in [1.82, 2.24) is 4.90 Å². The molecule has 0 spiro atoms. The minimum absolute atomic E-state index is 0.537. The van der Waals surface area contributed by atoms with Crippen molar-refractivity contribution in [2.24, 2.45) is 0 Å². The third-order valence-electron chi connectivity index (χ3n) is 3.04. The molecule has 0 N–H and O–H groups in total. The molecule has 0 radical (unpaired) electrons. The maximum atomic E-state index is 5.86. The van der Waals surface area contributed by atoms with Gasteiger partial charge >= 0.3 is 0 Å². The number of hydrogen-bond donors (Lipinski definition) is 0. The molecular weight excluding hydrogens is 194 g/mol. The van der Waals surface area contributed by atoms with Crippen molar-refractivity contribution >= 4 is 11.6 Å². The Labute approximate surface area is 90.7 Å². The van der Waals surface area contributed by atoms with E-state index >= 15 is 0 Å². The number of rotatable bonds is 2. The first-order valence-corrected chi connectivity index (χ1v) is 5.64. The SMILES string of the molecule is CC(c1ccc(Cl)cc1)N1CCCC1. The van der Waals surface area contributed by atoms with Gasteiger partial charge in [-0.05, 0) is 50.6 Å². The lowest BCUT2D eigenvalue weighted by Crippen LogP contribution is -2.23. The standard InChI is InChI=1S/C12H16ClN/c1-10(14-8-2-3-9-14)11-4-6-12(13)7-5-11/h4-7,10H,2-3,8-9H2,1H3. The molecule has 0 aromatic heterocycles. The van der Waals surface area contributed by atoms with Crippen molar-refractivity contribution in [3.63, 3.8) is 0 Å². The van der Waals surface area contributed by atoms with E-state index in [0.717, 1.165) is 5.02 Å². The highest BCUT2D eigenvalue weighted by molar-refractivity contribution is 6.30. The van der Waals surface area contributed by atoms with Gasteiger partial charge in [0.2, 0.25) is 0 Å². The summed E-state index contributed by atoms with van der Waals surface area (Å²) in [5.41, 5.74) is 1.37. The summed E-state index contributed by atoms with van der Waals surface area (Å²) >= 11 is 5.86. The summed E-state index contributed by atoms with van der Waals surface area (Å²) in [6.07, 6.45) is 2.69. The van der Waals surface area contributed by atoms with Gasteiger partial charge < -0.3 is 0 Å². The fraction of sp³-hybridized carbons (Fsp3) is 0.500. The van der Waals surface area contributed by atoms with E-state index in [9.17, 15) is 0 Å². The minimum Gasteiger partial charge on any atom is -0.297 e. The van der Waals surface area contributed by atoms with Crippen LogP contribution in [0.3, 0.4) is 0 Å². The lowest BCUT2D eigenvalue weighted by molar-refractivity contribution is 0.263. The van der Waals surface area contributed by atoms with Gasteiger partial charge in [-0.25, -0.2) is 0 Å². The van der Waals surface area contributed by atoms with E-state index in [1.54, 1.807) is 0 Å². The Morgan fingerprint density at radius 1 is 1.14 bits per heavy atom. The summed E-state index contributed by atoms with van der Waals surface area (Å²) in [6.45, 7) is 4.75. The van der Waals surface area contributed by atoms with Gasteiger partial charge in [0, 0.05) is 11.1 Å². The number of halogens is 1. The van der Waals surface area contributed by atoms with Gasteiger partial charge in [0.25, 0.3) is 0 Å². The largest absolute Gasteiger partial charge is 0.297 e. The van der Waals surface area contributed by atoms with Crippen LogP contribution in [-0.4, -0.2) is 18.0 Å². The van der Waals surface area contributed by atoms with Crippen LogP contribution < -0.4 is 0 Å². The predicted octanol–water partition coefficient (Wildman–Crippen LogP) is 3.50. The molecule has 0 amide bonds. The molecule has 14 heavy (non-hydrogen) atoms. The Morgan fingerprint density at radius 3 is 2.29 bits per heavy atom. The molecule has 76 valence electrons. The fourth-order valence-corrected chi connectivity index (χ4v) is 2.21. The Kier molecular flexibility index (Phi) is 3.09. The van der Waals surface area contributed by atoms with Gasteiger partial charge in [-0.15, -0.1) is 0 Å². The van der Waals surface area contributed by atoms with Crippen LogP contribution >= 0.6 is 11.6 Å². The molecule has 2 heteroatoms. The van der Waals surface area contributed by atoms with Gasteiger partial charge in [-0.3, -0.25) is 4.90 Å². The first-order chi connectivity index (χ1) is 6.77. The van der Waals surface area contributed by atoms with Crippen molar-refractivity contribution in [3.8, 4) is 0 Å². The molecule has 1 saturated heterocycles. The van der Waals surface area contributed by atoms with E-state index in [1.165, 1.54) is 31.5 Å². The zero-order chi connectivity index (χ0) is 9.97. The van der Waals surface area contributed by atoms with Gasteiger partial charge in [-0.2, -0.15) is 0 Å². The third-order valence-corrected chi connectivity index (χ3v) is 3.29. The van der Waals surface area contributed by atoms with Crippen molar-refractivity contribution in [1.29, 1.82) is 0 Å². The summed E-state index contributed by atoms with van der Waals surface area (Å²) in [6, 6.07) is 8.75. The summed E-state index contributed by atoms with van der Waals surface area (Å²) in [7, 11) is 0. The summed E-state index contributed by atoms with van der Waals surface area (Å²) in [4.78, 5) is 2.53. The molecule has 1 fully saturated rings. The molecule has 1 nitrogen and oxygen atoms in total. The van der Waals surface area contributed by atoms with Crippen LogP contribution in [0, 0.1) is 0 Å². The molecule has 1 heterocycles. The Balaban J connectivity index is 2.09. The molecule has 0 bridgehead atoms. The second-order valence-corrected chi connectivity index (χ2v) is 4.41. The van der Waals surface area contributed by atoms with Crippen LogP contribution in [0.1, 0.15) is 31.4 Å². The Morgan fingerprint density at radius 2 is 1.71 bits per heavy atom. The average molecular weight is 210 g/mol. The smallest absolute Gasteiger partial charge is 0.0406 e. The van der Waals surface area contributed by atoms with Crippen LogP contribution in [0.15, 0.2) is 24.3 Å². The molecule has 1 atom stereocenters. The Hall–Kier alpha value is -0.530. The first-order valence-electron chi connectivity index (χ1n) is 5.27. The van der Waals surface area contributed by atoms with E-state index in [-0.39, 0.29) is 0 Å². The molecule has 1 aliphatic heterocycles. The van der Waals surface area contributed by atoms with Crippen molar-refractivity contribution in [2.45, 2.75) is 25.8 Å². The molecule has 1 aliphatic rings. The lowest BCUT2D eigenvalue weighted by Gasteiger charge is -2.23. The predicted molar refractivity (Wildman–Crippen MR) is 60.7 cm³/mol. The quantitative estimate of drug-likeness (QED) is 0.721. The normalized spacial score (nSPS) is 19.9. The number of nitrogens with zero attached hydrogens (tertiary/aromatic N) is 1. The maximum Gasteiger partial charge on any atom is 0.0406 e. The molecule has 1 aromatic carbocycles. The number of benzene rings is 1. The molecule has 1 unspecified atom stereocenters. The van der Waals surface area contributed by atoms with Crippen molar-refractivity contribution < 1.29 is 0 Å². The van der Waals surface area contributed by atoms with Crippen LogP contribution in [0.4, 0.5) is 0 Å². The summed E-state index contributed by atoms with van der Waals surface area (Å²) in [5.74, 6) is 0. The molecular formula is C12H16ClN. The highest BCUT2D eigenvalue weighted by atomic mass is 35.5. The average Bonchev–Trinajstić information content (AvgIpc) is 2.71. The van der Waals surface area contributed by atoms with Crippen LogP contribution in [-0.2, 0) is 0 Å². The topological polar surface area (TPSA) is 3.24 Å². The van der Waals surface area contributed by atoms with Gasteiger partial charge in [-0.1, -0.05) is 23.7 Å². The van der Waals surface area contributed by atoms with Crippen LogP contribution in [0.25, 0.3) is 0 Å². The lowest BCUT2D eigenvalue weighted by atomic mass is 10.1. The van der Waals surface area contributed by atoms with E-state index in [0.29, 0.717) is 6.04 Å². The highest BCUT2D eigenvalue weighted by Gasteiger charge is 2.18. The molecule has 2 rings (SSSR count). The van der Waals surface area contributed by atoms with E-state index in [1.807, 2.05) is 12.1 Å². The zero-order valence-electron chi connectivity index (χ0n) is 8.54. The van der Waals surface area contributed by atoms with Gasteiger partial charge in [0.05, 0.1) is 0 Å². The molecule has 0 aliphatic carbocycles. The van der Waals surface area contributed by atoms with E-state index in [4.69, 9.17) is 11.6 Å². The third kappa shape index (κ3) is 2.10. The number of hydrogen-bond acceptors (Lipinski definition) is 1. The monoisotopic (exact) mass is 209 g/mol. The molecule has 1 aromatic rings. The van der Waals surface area contributed by atoms with E-state index < -0.39 is 0 Å². The summed E-state index contributed by atoms with van der Waals surface area (Å²) < 4.78 is 0. The highest BCUT2D eigenvalue weighted by Crippen LogP contribution is 2.25. The van der Waals surface area contributed by atoms with Crippen LogP contribution in [0.2, 0.25) is 5.02 Å². The second-order valence-electron chi connectivity index (χ2n) is 3.97. The fourth-order valence-electron chi connectivity index (χ4n) is 2.08. The summed E-state index contributed by atoms with van der Waals surface area (Å²) in [5, 5.41) is 0.822. The maximum absolute atomic E-state index is 5.86. The first kappa shape index (κ1) is 10.0.